The number of sulfonamides is 1. The summed E-state index contributed by atoms with van der Waals surface area (Å²) < 4.78 is 36.2. The Morgan fingerprint density at radius 3 is 2.40 bits per heavy atom. The summed E-state index contributed by atoms with van der Waals surface area (Å²) in [6, 6.07) is 21.9. The fourth-order valence-electron chi connectivity index (χ4n) is 8.99. The molecule has 2 fully saturated rings. The first-order valence-electron chi connectivity index (χ1n) is 22.4. The maximum atomic E-state index is 14.1. The number of hydrogen-bond donors (Lipinski definition) is 5. The minimum absolute atomic E-state index is 0.0734. The number of amides is 2. The number of carbonyl (C=O) groups excluding carboxylic acids is 1. The molecule has 3 heterocycles. The molecule has 354 valence electrons. The molecule has 0 bridgehead atoms. The van der Waals surface area contributed by atoms with E-state index >= 15 is 0 Å². The predicted molar refractivity (Wildman–Crippen MR) is 260 cm³/mol. The monoisotopic (exact) mass is 953 g/mol. The Hall–Kier alpha value is -6.18. The van der Waals surface area contributed by atoms with E-state index in [1.165, 1.54) is 34.9 Å². The van der Waals surface area contributed by atoms with Gasteiger partial charge in [0.1, 0.15) is 17.2 Å². The number of nitro benzene ring substituents is 1. The van der Waals surface area contributed by atoms with Gasteiger partial charge in [0.2, 0.25) is 0 Å². The number of nitrogens with zero attached hydrogens (tertiary/aromatic N) is 5. The number of benzene rings is 4. The molecular weight excluding hydrogens is 898 g/mol. The molecule has 2 saturated heterocycles. The number of carboxylic acid groups (broad SMARTS) is 1. The van der Waals surface area contributed by atoms with Crippen molar-refractivity contribution in [3.63, 3.8) is 0 Å². The zero-order valence-electron chi connectivity index (χ0n) is 37.8. The van der Waals surface area contributed by atoms with E-state index in [4.69, 9.17) is 21.4 Å². The molecule has 67 heavy (non-hydrogen) atoms. The van der Waals surface area contributed by atoms with Gasteiger partial charge in [-0.05, 0) is 109 Å². The normalized spacial score (nSPS) is 17.3. The maximum absolute atomic E-state index is 14.1. The number of nitrogens with one attached hydrogen (secondary N) is 4. The number of carbonyl (C=O) groups is 2. The van der Waals surface area contributed by atoms with E-state index in [0.29, 0.717) is 43.4 Å². The Balaban J connectivity index is 1.04. The number of hydrogen-bond acceptors (Lipinski definition) is 12. The fraction of sp³-hybridized carbons (Fsp3) is 0.375. The van der Waals surface area contributed by atoms with Crippen molar-refractivity contribution in [2.45, 2.75) is 44.4 Å². The molecule has 0 atom stereocenters. The minimum atomic E-state index is -4.62. The average molecular weight is 955 g/mol. The number of fused-ring (bicyclic) bond motifs is 1. The van der Waals surface area contributed by atoms with Crippen molar-refractivity contribution in [3.8, 4) is 11.5 Å². The first kappa shape index (κ1) is 47.3. The predicted octanol–water partition coefficient (Wildman–Crippen LogP) is 7.81. The smallest absolute Gasteiger partial charge is 0.404 e. The summed E-state index contributed by atoms with van der Waals surface area (Å²) in [5.74, 6) is -0.535. The van der Waals surface area contributed by atoms with Crippen LogP contribution in [0.1, 0.15) is 54.6 Å². The lowest BCUT2D eigenvalue weighted by molar-refractivity contribution is -0.384. The maximum Gasteiger partial charge on any atom is 0.404 e. The quantitative estimate of drug-likeness (QED) is 0.0502. The van der Waals surface area contributed by atoms with Crippen LogP contribution in [0, 0.1) is 15.5 Å². The number of halogens is 1. The Bertz CT molecular complexity index is 2800. The van der Waals surface area contributed by atoms with E-state index in [0.717, 1.165) is 80.2 Å². The van der Waals surface area contributed by atoms with E-state index in [-0.39, 0.29) is 29.0 Å². The molecule has 0 unspecified atom stereocenters. The summed E-state index contributed by atoms with van der Waals surface area (Å²) in [7, 11) is -2.63. The van der Waals surface area contributed by atoms with Crippen LogP contribution in [-0.2, 0) is 16.4 Å². The number of allylic oxidation sites excluding steroid dienone is 1. The van der Waals surface area contributed by atoms with Crippen LogP contribution in [0.5, 0.6) is 11.5 Å². The van der Waals surface area contributed by atoms with Gasteiger partial charge in [-0.2, -0.15) is 0 Å². The first-order chi connectivity index (χ1) is 32.0. The van der Waals surface area contributed by atoms with Crippen molar-refractivity contribution in [2.75, 3.05) is 82.8 Å². The Morgan fingerprint density at radius 1 is 0.940 bits per heavy atom. The van der Waals surface area contributed by atoms with Crippen LogP contribution in [0.25, 0.3) is 16.5 Å². The van der Waals surface area contributed by atoms with E-state index in [9.17, 15) is 28.1 Å². The molecule has 4 aromatic carbocycles. The molecule has 8 rings (SSSR count). The lowest BCUT2D eigenvalue weighted by Gasteiger charge is -2.39. The highest BCUT2D eigenvalue weighted by molar-refractivity contribution is 7.90. The molecular formula is C48H56ClN9O8S. The second kappa shape index (κ2) is 20.0. The molecule has 5 N–H and O–H groups in total. The Morgan fingerprint density at radius 2 is 1.69 bits per heavy atom. The van der Waals surface area contributed by atoms with Crippen molar-refractivity contribution < 1.29 is 32.8 Å². The van der Waals surface area contributed by atoms with Gasteiger partial charge in [0, 0.05) is 105 Å². The van der Waals surface area contributed by atoms with Gasteiger partial charge in [0.15, 0.2) is 0 Å². The van der Waals surface area contributed by atoms with Gasteiger partial charge in [-0.3, -0.25) is 19.8 Å². The van der Waals surface area contributed by atoms with Crippen molar-refractivity contribution in [1.82, 2.24) is 29.8 Å². The number of rotatable bonds is 15. The number of anilines is 2. The highest BCUT2D eigenvalue weighted by atomic mass is 35.5. The number of aromatic nitrogens is 1. The molecule has 17 nitrogen and oxygen atoms in total. The number of likely N-dealkylation sites (N-methyl/N-ethyl adjacent to an activating group) is 1. The number of aromatic amines is 1. The zero-order valence-corrected chi connectivity index (χ0v) is 39.4. The summed E-state index contributed by atoms with van der Waals surface area (Å²) in [6.45, 7) is 11.4. The molecule has 0 radical (unpaired) electrons. The number of piperazine rings is 2. The molecule has 3 aliphatic rings. The summed E-state index contributed by atoms with van der Waals surface area (Å²) in [5, 5.41) is 27.0. The molecule has 2 aliphatic heterocycles. The van der Waals surface area contributed by atoms with Gasteiger partial charge in [0.05, 0.1) is 15.4 Å². The van der Waals surface area contributed by atoms with Crippen LogP contribution in [0.3, 0.4) is 0 Å². The van der Waals surface area contributed by atoms with Crippen molar-refractivity contribution in [1.29, 1.82) is 0 Å². The van der Waals surface area contributed by atoms with E-state index in [1.54, 1.807) is 30.5 Å². The topological polar surface area (TPSA) is 206 Å². The highest BCUT2D eigenvalue weighted by Crippen LogP contribution is 2.43. The van der Waals surface area contributed by atoms with Gasteiger partial charge >= 0.3 is 6.09 Å². The van der Waals surface area contributed by atoms with E-state index < -0.39 is 37.5 Å². The van der Waals surface area contributed by atoms with Gasteiger partial charge in [-0.1, -0.05) is 43.2 Å². The molecule has 0 saturated carbocycles. The minimum Gasteiger partial charge on any atom is -0.465 e. The standard InChI is InChI=1S/C48H56ClN9O8S/c1-48(2)16-14-34(41(29-48)32-4-6-35(49)7-5-32)31-55-20-22-56(23-21-55)36-8-11-39(45(26-36)66-37-9-12-42-40(27-37)33(30-51-42)15-17-50-47(60)61)46(59)53-67(64,65)38-10-13-43(44(28-38)58(62)63)52-57-24-18-54(3)19-25-57/h4-13,26-28,30,50-52H,14-25,29,31H2,1-3H3,(H,53,59)(H,60,61). The third-order valence-corrected chi connectivity index (χ3v) is 14.4. The molecule has 1 aliphatic carbocycles. The average Bonchev–Trinajstić information content (AvgIpc) is 3.69. The number of H-pyrrole nitrogens is 1. The Labute approximate surface area is 394 Å². The zero-order chi connectivity index (χ0) is 47.5. The van der Waals surface area contributed by atoms with Crippen LogP contribution in [-0.4, -0.2) is 123 Å². The lowest BCUT2D eigenvalue weighted by Crippen LogP contribution is -2.47. The van der Waals surface area contributed by atoms with Crippen LogP contribution in [0.4, 0.5) is 21.9 Å². The number of nitro groups is 1. The summed E-state index contributed by atoms with van der Waals surface area (Å²) in [4.78, 5) is 46.3. The fourth-order valence-corrected chi connectivity index (χ4v) is 10.1. The third-order valence-electron chi connectivity index (χ3n) is 12.9. The first-order valence-corrected chi connectivity index (χ1v) is 24.2. The second-order valence-corrected chi connectivity index (χ2v) is 20.4. The largest absolute Gasteiger partial charge is 0.465 e. The van der Waals surface area contributed by atoms with Crippen molar-refractivity contribution in [2.24, 2.45) is 5.41 Å². The van der Waals surface area contributed by atoms with Crippen molar-refractivity contribution in [3.05, 3.63) is 122 Å². The molecule has 1 aromatic heterocycles. The molecule has 19 heteroatoms. The second-order valence-electron chi connectivity index (χ2n) is 18.3. The summed E-state index contributed by atoms with van der Waals surface area (Å²) in [5.41, 5.74) is 9.31. The number of hydrazine groups is 1. The Kier molecular flexibility index (Phi) is 14.1. The van der Waals surface area contributed by atoms with Crippen molar-refractivity contribution >= 4 is 67.2 Å². The number of ether oxygens (including phenoxy) is 1. The van der Waals surface area contributed by atoms with Gasteiger partial charge < -0.3 is 35.4 Å². The van der Waals surface area contributed by atoms with Gasteiger partial charge in [-0.15, -0.1) is 0 Å². The highest BCUT2D eigenvalue weighted by Gasteiger charge is 2.31. The third kappa shape index (κ3) is 11.5. The molecule has 5 aromatic rings. The lowest BCUT2D eigenvalue weighted by atomic mass is 9.72. The van der Waals surface area contributed by atoms with Crippen LogP contribution < -0.4 is 25.1 Å². The van der Waals surface area contributed by atoms with Gasteiger partial charge in [-0.25, -0.2) is 22.9 Å². The summed E-state index contributed by atoms with van der Waals surface area (Å²) >= 11 is 6.25. The summed E-state index contributed by atoms with van der Waals surface area (Å²) in [6.07, 6.45) is 4.22. The van der Waals surface area contributed by atoms with E-state index in [2.05, 4.69) is 61.1 Å². The molecule has 0 spiro atoms. The van der Waals surface area contributed by atoms with E-state index in [1.807, 2.05) is 30.3 Å². The van der Waals surface area contributed by atoms with Crippen LogP contribution in [0.15, 0.2) is 95.5 Å². The SMILES string of the molecule is CN1CCN(Nc2ccc(S(=O)(=O)NC(=O)c3ccc(N4CCN(CC5=C(c6ccc(Cl)cc6)CC(C)(C)CC5)CC4)cc3Oc3ccc4[nH]cc(CCNC(=O)O)c4c3)cc2[N+](=O)[O-])CC1. The van der Waals surface area contributed by atoms with Crippen LogP contribution >= 0.6 is 11.6 Å². The molecule has 2 amide bonds. The van der Waals surface area contributed by atoms with Crippen LogP contribution in [0.2, 0.25) is 5.02 Å². The van der Waals surface area contributed by atoms with Gasteiger partial charge in [0.25, 0.3) is 21.6 Å².